The average molecular weight is 416 g/mol. The molecule has 0 amide bonds. The van der Waals surface area contributed by atoms with Gasteiger partial charge < -0.3 is 4.74 Å². The van der Waals surface area contributed by atoms with Crippen LogP contribution in [0, 0.1) is 0 Å². The van der Waals surface area contributed by atoms with Gasteiger partial charge in [0.1, 0.15) is 0 Å². The first-order valence-corrected chi connectivity index (χ1v) is 10.3. The summed E-state index contributed by atoms with van der Waals surface area (Å²) in [5, 5.41) is 0.0459. The molecule has 0 saturated heterocycles. The Kier molecular flexibility index (Phi) is 6.57. The fraction of sp³-hybridized carbons (Fsp3) is 0.294. The highest BCUT2D eigenvalue weighted by molar-refractivity contribution is 7.89. The van der Waals surface area contributed by atoms with Crippen LogP contribution in [0.4, 0.5) is 0 Å². The summed E-state index contributed by atoms with van der Waals surface area (Å²) in [6.45, 7) is 1.54. The zero-order chi connectivity index (χ0) is 19.5. The Balaban J connectivity index is 2.15. The Bertz CT molecular complexity index is 934. The lowest BCUT2D eigenvalue weighted by Gasteiger charge is -2.13. The highest BCUT2D eigenvalue weighted by Crippen LogP contribution is 2.23. The van der Waals surface area contributed by atoms with Crippen LogP contribution in [0.3, 0.4) is 0 Å². The smallest absolute Gasteiger partial charge is 0.340 e. The standard InChI is InChI=1S/C17H18ClNO5S2/c1-4-11-5-8-16(25-11)15(20)10-24-17(21)13-9-12(6-7-14(13)18)26(22,23)19(2)3/h5-9H,4,10H2,1-3H3. The summed E-state index contributed by atoms with van der Waals surface area (Å²) in [6.07, 6.45) is 0.820. The van der Waals surface area contributed by atoms with Crippen LogP contribution < -0.4 is 0 Å². The lowest BCUT2D eigenvalue weighted by Crippen LogP contribution is -2.22. The van der Waals surface area contributed by atoms with Crippen LogP contribution in [-0.2, 0) is 21.2 Å². The molecule has 0 N–H and O–H groups in total. The largest absolute Gasteiger partial charge is 0.454 e. The summed E-state index contributed by atoms with van der Waals surface area (Å²) < 4.78 is 30.4. The topological polar surface area (TPSA) is 80.8 Å². The maximum atomic E-state index is 12.2. The van der Waals surface area contributed by atoms with Gasteiger partial charge in [-0.2, -0.15) is 0 Å². The molecule has 6 nitrogen and oxygen atoms in total. The van der Waals surface area contributed by atoms with Crippen molar-refractivity contribution in [3.05, 3.63) is 50.7 Å². The number of benzene rings is 1. The minimum atomic E-state index is -3.72. The Morgan fingerprint density at radius 1 is 1.19 bits per heavy atom. The number of nitrogens with zero attached hydrogens (tertiary/aromatic N) is 1. The molecule has 1 aromatic carbocycles. The van der Waals surface area contributed by atoms with E-state index in [0.717, 1.165) is 21.7 Å². The van der Waals surface area contributed by atoms with E-state index < -0.39 is 22.6 Å². The molecule has 0 saturated carbocycles. The van der Waals surface area contributed by atoms with Crippen molar-refractivity contribution in [3.8, 4) is 0 Å². The van der Waals surface area contributed by atoms with Gasteiger partial charge in [-0.05, 0) is 36.8 Å². The number of thiophene rings is 1. The summed E-state index contributed by atoms with van der Waals surface area (Å²) in [5.74, 6) is -1.18. The first kappa shape index (κ1) is 20.6. The molecule has 2 aromatic rings. The number of carbonyl (C=O) groups excluding carboxylic acids is 2. The molecule has 0 radical (unpaired) electrons. The van der Waals surface area contributed by atoms with E-state index in [1.165, 1.54) is 37.6 Å². The van der Waals surface area contributed by atoms with Crippen molar-refractivity contribution in [2.45, 2.75) is 18.2 Å². The van der Waals surface area contributed by atoms with Crippen molar-refractivity contribution in [1.82, 2.24) is 4.31 Å². The molecule has 0 fully saturated rings. The second-order valence-corrected chi connectivity index (χ2v) is 9.28. The van der Waals surface area contributed by atoms with Crippen LogP contribution in [0.2, 0.25) is 5.02 Å². The van der Waals surface area contributed by atoms with Crippen LogP contribution in [0.25, 0.3) is 0 Å². The average Bonchev–Trinajstić information content (AvgIpc) is 3.08. The van der Waals surface area contributed by atoms with Crippen molar-refractivity contribution < 1.29 is 22.7 Å². The number of Topliss-reactive ketones (excluding diaryl/α,β-unsaturated/α-hetero) is 1. The molecule has 0 unspecified atom stereocenters. The van der Waals surface area contributed by atoms with Gasteiger partial charge in [0.2, 0.25) is 15.8 Å². The maximum absolute atomic E-state index is 12.2. The number of carbonyl (C=O) groups is 2. The highest BCUT2D eigenvalue weighted by atomic mass is 35.5. The molecule has 0 aliphatic carbocycles. The number of esters is 1. The van der Waals surface area contributed by atoms with E-state index in [1.54, 1.807) is 6.07 Å². The van der Waals surface area contributed by atoms with Crippen LogP contribution in [0.15, 0.2) is 35.2 Å². The zero-order valence-electron chi connectivity index (χ0n) is 14.5. The quantitative estimate of drug-likeness (QED) is 0.512. The molecule has 1 heterocycles. The maximum Gasteiger partial charge on any atom is 0.340 e. The van der Waals surface area contributed by atoms with E-state index in [9.17, 15) is 18.0 Å². The number of hydrogen-bond acceptors (Lipinski definition) is 6. The van der Waals surface area contributed by atoms with Gasteiger partial charge in [0, 0.05) is 19.0 Å². The molecular formula is C17H18ClNO5S2. The molecular weight excluding hydrogens is 398 g/mol. The van der Waals surface area contributed by atoms with Gasteiger partial charge in [-0.25, -0.2) is 17.5 Å². The second kappa shape index (κ2) is 8.30. The summed E-state index contributed by atoms with van der Waals surface area (Å²) in [7, 11) is -0.960. The fourth-order valence-electron chi connectivity index (χ4n) is 2.03. The highest BCUT2D eigenvalue weighted by Gasteiger charge is 2.22. The third kappa shape index (κ3) is 4.50. The van der Waals surface area contributed by atoms with E-state index in [1.807, 2.05) is 13.0 Å². The molecule has 0 bridgehead atoms. The summed E-state index contributed by atoms with van der Waals surface area (Å²) in [6, 6.07) is 7.30. The van der Waals surface area contributed by atoms with Crippen molar-refractivity contribution in [3.63, 3.8) is 0 Å². The Morgan fingerprint density at radius 3 is 2.46 bits per heavy atom. The van der Waals surface area contributed by atoms with Gasteiger partial charge in [-0.3, -0.25) is 4.79 Å². The van der Waals surface area contributed by atoms with E-state index >= 15 is 0 Å². The second-order valence-electron chi connectivity index (χ2n) is 5.55. The molecule has 2 rings (SSSR count). The van der Waals surface area contributed by atoms with Crippen molar-refractivity contribution in [1.29, 1.82) is 0 Å². The fourth-order valence-corrected chi connectivity index (χ4v) is 4.02. The summed E-state index contributed by atoms with van der Waals surface area (Å²) in [4.78, 5) is 25.8. The van der Waals surface area contributed by atoms with Crippen LogP contribution >= 0.6 is 22.9 Å². The van der Waals surface area contributed by atoms with E-state index in [2.05, 4.69) is 0 Å². The Morgan fingerprint density at radius 2 is 1.88 bits per heavy atom. The minimum absolute atomic E-state index is 0.0459. The molecule has 0 atom stereocenters. The lowest BCUT2D eigenvalue weighted by molar-refractivity contribution is 0.0475. The normalized spacial score (nSPS) is 11.6. The third-order valence-electron chi connectivity index (χ3n) is 3.56. The lowest BCUT2D eigenvalue weighted by atomic mass is 10.2. The Hall–Kier alpha value is -1.74. The number of aryl methyl sites for hydroxylation is 1. The number of ketones is 1. The predicted octanol–water partition coefficient (Wildman–Crippen LogP) is 3.25. The number of ether oxygens (including phenoxy) is 1. The number of sulfonamides is 1. The molecule has 140 valence electrons. The van der Waals surface area contributed by atoms with E-state index in [4.69, 9.17) is 16.3 Å². The van der Waals surface area contributed by atoms with Crippen LogP contribution in [0.5, 0.6) is 0 Å². The van der Waals surface area contributed by atoms with Gasteiger partial charge in [0.15, 0.2) is 6.61 Å². The number of hydrogen-bond donors (Lipinski definition) is 0. The molecule has 26 heavy (non-hydrogen) atoms. The molecule has 0 aliphatic rings. The first-order chi connectivity index (χ1) is 12.2. The van der Waals surface area contributed by atoms with Gasteiger partial charge >= 0.3 is 5.97 Å². The predicted molar refractivity (Wildman–Crippen MR) is 101 cm³/mol. The summed E-state index contributed by atoms with van der Waals surface area (Å²) in [5.41, 5.74) is -0.109. The van der Waals surface area contributed by atoms with Gasteiger partial charge in [0.25, 0.3) is 0 Å². The van der Waals surface area contributed by atoms with Crippen molar-refractivity contribution in [2.24, 2.45) is 0 Å². The SMILES string of the molecule is CCc1ccc(C(=O)COC(=O)c2cc(S(=O)(=O)N(C)C)ccc2Cl)s1. The molecule has 1 aromatic heterocycles. The molecule has 0 spiro atoms. The van der Waals surface area contributed by atoms with Gasteiger partial charge in [0.05, 0.1) is 20.4 Å². The number of halogens is 1. The van der Waals surface area contributed by atoms with Crippen molar-refractivity contribution in [2.75, 3.05) is 20.7 Å². The minimum Gasteiger partial charge on any atom is -0.454 e. The van der Waals surface area contributed by atoms with E-state index in [-0.39, 0.29) is 21.3 Å². The van der Waals surface area contributed by atoms with Gasteiger partial charge in [-0.1, -0.05) is 18.5 Å². The van der Waals surface area contributed by atoms with Gasteiger partial charge in [-0.15, -0.1) is 11.3 Å². The van der Waals surface area contributed by atoms with Crippen LogP contribution in [-0.4, -0.2) is 45.2 Å². The van der Waals surface area contributed by atoms with Crippen molar-refractivity contribution >= 4 is 44.7 Å². The number of rotatable bonds is 7. The summed E-state index contributed by atoms with van der Waals surface area (Å²) >= 11 is 7.33. The zero-order valence-corrected chi connectivity index (χ0v) is 16.9. The monoisotopic (exact) mass is 415 g/mol. The Labute approximate surface area is 161 Å². The van der Waals surface area contributed by atoms with E-state index in [0.29, 0.717) is 4.88 Å². The first-order valence-electron chi connectivity index (χ1n) is 7.68. The molecule has 0 aliphatic heterocycles. The van der Waals surface area contributed by atoms with Crippen LogP contribution in [0.1, 0.15) is 31.8 Å². The molecule has 9 heteroatoms. The third-order valence-corrected chi connectivity index (χ3v) is 6.97.